The van der Waals surface area contributed by atoms with E-state index in [0.29, 0.717) is 17.7 Å². The van der Waals surface area contributed by atoms with Crippen LogP contribution in [-0.2, 0) is 4.79 Å². The lowest BCUT2D eigenvalue weighted by molar-refractivity contribution is -0.127. The number of rotatable bonds is 2. The monoisotopic (exact) mass is 223 g/mol. The molecule has 2 aliphatic rings. The number of carbonyl (C=O) groups excluding carboxylic acids is 1. The molecular formula is C14H25NO. The fraction of sp³-hybridized carbons (Fsp3) is 0.929. The molecule has 0 amide bonds. The molecule has 1 aliphatic heterocycles. The first-order valence-electron chi connectivity index (χ1n) is 7.09. The van der Waals surface area contributed by atoms with Crippen molar-refractivity contribution in [2.75, 3.05) is 13.1 Å². The van der Waals surface area contributed by atoms with Gasteiger partial charge in [0.2, 0.25) is 0 Å². The molecule has 92 valence electrons. The molecule has 2 nitrogen and oxygen atoms in total. The Morgan fingerprint density at radius 3 is 2.69 bits per heavy atom. The SMILES string of the molecule is CCN1CCCCC[C@@H]1[C@H]1CCCCC1=O. The van der Waals surface area contributed by atoms with E-state index in [1.807, 2.05) is 0 Å². The smallest absolute Gasteiger partial charge is 0.137 e. The fourth-order valence-electron chi connectivity index (χ4n) is 3.46. The first-order valence-corrected chi connectivity index (χ1v) is 7.09. The quantitative estimate of drug-likeness (QED) is 0.717. The summed E-state index contributed by atoms with van der Waals surface area (Å²) in [4.78, 5) is 14.6. The molecule has 1 aliphatic carbocycles. The molecule has 0 aromatic heterocycles. The van der Waals surface area contributed by atoms with E-state index in [9.17, 15) is 4.79 Å². The molecule has 1 heterocycles. The van der Waals surface area contributed by atoms with Gasteiger partial charge in [0.05, 0.1) is 0 Å². The molecule has 2 fully saturated rings. The van der Waals surface area contributed by atoms with E-state index in [1.165, 1.54) is 38.6 Å². The van der Waals surface area contributed by atoms with Gasteiger partial charge in [-0.25, -0.2) is 0 Å². The lowest BCUT2D eigenvalue weighted by Gasteiger charge is -2.36. The van der Waals surface area contributed by atoms with Crippen LogP contribution in [0.3, 0.4) is 0 Å². The minimum Gasteiger partial charge on any atom is -0.300 e. The minimum atomic E-state index is 0.367. The molecule has 0 bridgehead atoms. The summed E-state index contributed by atoms with van der Waals surface area (Å²) in [6.45, 7) is 4.57. The van der Waals surface area contributed by atoms with Crippen molar-refractivity contribution in [3.8, 4) is 0 Å². The van der Waals surface area contributed by atoms with Gasteiger partial charge >= 0.3 is 0 Å². The van der Waals surface area contributed by atoms with Crippen molar-refractivity contribution < 1.29 is 4.79 Å². The van der Waals surface area contributed by atoms with Crippen molar-refractivity contribution in [3.05, 3.63) is 0 Å². The van der Waals surface area contributed by atoms with Gasteiger partial charge in [0, 0.05) is 18.4 Å². The molecule has 2 heteroatoms. The van der Waals surface area contributed by atoms with Gasteiger partial charge in [-0.3, -0.25) is 9.69 Å². The number of hydrogen-bond donors (Lipinski definition) is 0. The molecule has 2 rings (SSSR count). The second-order valence-electron chi connectivity index (χ2n) is 5.36. The number of Topliss-reactive ketones (excluding diaryl/α,β-unsaturated/α-hetero) is 1. The maximum absolute atomic E-state index is 12.0. The van der Waals surface area contributed by atoms with Crippen LogP contribution in [0.15, 0.2) is 0 Å². The van der Waals surface area contributed by atoms with E-state index in [0.717, 1.165) is 25.8 Å². The summed E-state index contributed by atoms with van der Waals surface area (Å²) in [5.74, 6) is 0.920. The van der Waals surface area contributed by atoms with Crippen molar-refractivity contribution in [2.45, 2.75) is 64.3 Å². The molecule has 0 spiro atoms. The third-order valence-corrected chi connectivity index (χ3v) is 4.39. The van der Waals surface area contributed by atoms with Gasteiger partial charge in [0.15, 0.2) is 0 Å². The van der Waals surface area contributed by atoms with E-state index in [-0.39, 0.29) is 0 Å². The Morgan fingerprint density at radius 2 is 1.94 bits per heavy atom. The van der Waals surface area contributed by atoms with E-state index >= 15 is 0 Å². The Kier molecular flexibility index (Phi) is 4.39. The third kappa shape index (κ3) is 2.65. The predicted molar refractivity (Wildman–Crippen MR) is 66.5 cm³/mol. The first kappa shape index (κ1) is 12.1. The molecule has 16 heavy (non-hydrogen) atoms. The molecule has 0 radical (unpaired) electrons. The zero-order valence-electron chi connectivity index (χ0n) is 10.6. The summed E-state index contributed by atoms with van der Waals surface area (Å²) in [5.41, 5.74) is 0. The lowest BCUT2D eigenvalue weighted by atomic mass is 9.80. The number of ketones is 1. The Morgan fingerprint density at radius 1 is 1.12 bits per heavy atom. The second-order valence-corrected chi connectivity index (χ2v) is 5.36. The molecule has 0 unspecified atom stereocenters. The van der Waals surface area contributed by atoms with Gasteiger partial charge in [-0.05, 0) is 38.8 Å². The van der Waals surface area contributed by atoms with E-state index in [4.69, 9.17) is 0 Å². The van der Waals surface area contributed by atoms with E-state index in [1.54, 1.807) is 0 Å². The van der Waals surface area contributed by atoms with Gasteiger partial charge in [-0.15, -0.1) is 0 Å². The molecule has 0 aromatic rings. The van der Waals surface area contributed by atoms with Crippen LogP contribution in [0.2, 0.25) is 0 Å². The molecule has 0 N–H and O–H groups in total. The number of carbonyl (C=O) groups is 1. The van der Waals surface area contributed by atoms with Crippen LogP contribution in [0.1, 0.15) is 58.3 Å². The van der Waals surface area contributed by atoms with Crippen molar-refractivity contribution >= 4 is 5.78 Å². The third-order valence-electron chi connectivity index (χ3n) is 4.39. The summed E-state index contributed by atoms with van der Waals surface area (Å²) in [7, 11) is 0. The highest BCUT2D eigenvalue weighted by Gasteiger charge is 2.33. The molecule has 0 aromatic carbocycles. The van der Waals surface area contributed by atoms with E-state index in [2.05, 4.69) is 11.8 Å². The summed E-state index contributed by atoms with van der Waals surface area (Å²) in [6.07, 6.45) is 9.66. The van der Waals surface area contributed by atoms with Crippen LogP contribution >= 0.6 is 0 Å². The van der Waals surface area contributed by atoms with Gasteiger partial charge in [0.25, 0.3) is 0 Å². The average Bonchev–Trinajstić information content (AvgIpc) is 2.54. The Labute approximate surface area is 99.4 Å². The van der Waals surface area contributed by atoms with Crippen molar-refractivity contribution in [1.29, 1.82) is 0 Å². The first-order chi connectivity index (χ1) is 7.83. The second kappa shape index (κ2) is 5.81. The minimum absolute atomic E-state index is 0.367. The van der Waals surface area contributed by atoms with Gasteiger partial charge in [-0.1, -0.05) is 26.2 Å². The highest BCUT2D eigenvalue weighted by Crippen LogP contribution is 2.30. The van der Waals surface area contributed by atoms with Crippen LogP contribution in [0.5, 0.6) is 0 Å². The maximum atomic E-state index is 12.0. The topological polar surface area (TPSA) is 20.3 Å². The molecule has 1 saturated heterocycles. The molecule has 2 atom stereocenters. The predicted octanol–water partition coefficient (Wildman–Crippen LogP) is 3.01. The molecule has 1 saturated carbocycles. The van der Waals surface area contributed by atoms with Gasteiger partial charge in [0.1, 0.15) is 5.78 Å². The Bertz CT molecular complexity index is 239. The highest BCUT2D eigenvalue weighted by molar-refractivity contribution is 5.82. The maximum Gasteiger partial charge on any atom is 0.137 e. The standard InChI is InChI=1S/C14H25NO/c1-2-15-11-7-3-4-9-13(15)12-8-5-6-10-14(12)16/h12-13H,2-11H2,1H3/t12-,13-/m1/s1. The summed E-state index contributed by atoms with van der Waals surface area (Å²) >= 11 is 0. The zero-order valence-corrected chi connectivity index (χ0v) is 10.6. The van der Waals surface area contributed by atoms with Crippen molar-refractivity contribution in [3.63, 3.8) is 0 Å². The van der Waals surface area contributed by atoms with Crippen LogP contribution < -0.4 is 0 Å². The van der Waals surface area contributed by atoms with Crippen LogP contribution in [0.25, 0.3) is 0 Å². The van der Waals surface area contributed by atoms with Gasteiger partial charge in [-0.2, -0.15) is 0 Å². The fourth-order valence-corrected chi connectivity index (χ4v) is 3.46. The lowest BCUT2D eigenvalue weighted by Crippen LogP contribution is -2.44. The van der Waals surface area contributed by atoms with Crippen LogP contribution in [0, 0.1) is 5.92 Å². The Balaban J connectivity index is 2.05. The van der Waals surface area contributed by atoms with Gasteiger partial charge < -0.3 is 0 Å². The molecular weight excluding hydrogens is 198 g/mol. The number of hydrogen-bond acceptors (Lipinski definition) is 2. The van der Waals surface area contributed by atoms with Crippen LogP contribution in [0.4, 0.5) is 0 Å². The zero-order chi connectivity index (χ0) is 11.4. The normalized spacial score (nSPS) is 33.7. The average molecular weight is 223 g/mol. The number of nitrogens with zero attached hydrogens (tertiary/aromatic N) is 1. The largest absolute Gasteiger partial charge is 0.300 e. The van der Waals surface area contributed by atoms with Crippen molar-refractivity contribution in [1.82, 2.24) is 4.90 Å². The highest BCUT2D eigenvalue weighted by atomic mass is 16.1. The van der Waals surface area contributed by atoms with E-state index < -0.39 is 0 Å². The summed E-state index contributed by atoms with van der Waals surface area (Å²) < 4.78 is 0. The van der Waals surface area contributed by atoms with Crippen molar-refractivity contribution in [2.24, 2.45) is 5.92 Å². The summed E-state index contributed by atoms with van der Waals surface area (Å²) in [5, 5.41) is 0. The van der Waals surface area contributed by atoms with Crippen LogP contribution in [-0.4, -0.2) is 29.8 Å². The Hall–Kier alpha value is -0.370. The number of likely N-dealkylation sites (tertiary alicyclic amines) is 1. The summed E-state index contributed by atoms with van der Waals surface area (Å²) in [6, 6.07) is 0.570.